The third-order valence-electron chi connectivity index (χ3n) is 2.90. The first kappa shape index (κ1) is 14.7. The lowest BCUT2D eigenvalue weighted by Gasteiger charge is -2.23. The molecule has 0 atom stereocenters. The molecule has 104 valence electrons. The molecule has 2 aromatic carbocycles. The molecule has 0 aliphatic heterocycles. The Labute approximate surface area is 129 Å². The van der Waals surface area contributed by atoms with Gasteiger partial charge < -0.3 is 4.90 Å². The minimum atomic E-state index is -0.426. The van der Waals surface area contributed by atoms with Crippen LogP contribution >= 0.6 is 22.6 Å². The summed E-state index contributed by atoms with van der Waals surface area (Å²) in [6.07, 6.45) is 0. The van der Waals surface area contributed by atoms with E-state index in [1.165, 1.54) is 12.1 Å². The molecule has 2 aromatic rings. The Hall–Kier alpha value is -1.70. The van der Waals surface area contributed by atoms with Gasteiger partial charge in [-0.15, -0.1) is 0 Å². The quantitative estimate of drug-likeness (QED) is 0.442. The Kier molecular flexibility index (Phi) is 4.53. The molecule has 0 aliphatic carbocycles. The smallest absolute Gasteiger partial charge is 0.282 e. The van der Waals surface area contributed by atoms with E-state index in [2.05, 4.69) is 0 Å². The van der Waals surface area contributed by atoms with Crippen molar-refractivity contribution in [3.8, 4) is 0 Å². The minimum Gasteiger partial charge on any atom is -0.339 e. The lowest BCUT2D eigenvalue weighted by atomic mass is 10.2. The van der Waals surface area contributed by atoms with Crippen molar-refractivity contribution in [2.45, 2.75) is 6.92 Å². The van der Waals surface area contributed by atoms with Gasteiger partial charge in [0.1, 0.15) is 5.82 Å². The number of para-hydroxylation sites is 1. The molecule has 0 bridgehead atoms. The van der Waals surface area contributed by atoms with E-state index >= 15 is 0 Å². The van der Waals surface area contributed by atoms with Crippen molar-refractivity contribution in [2.24, 2.45) is 0 Å². The minimum absolute atomic E-state index is 0.0546. The van der Waals surface area contributed by atoms with E-state index in [1.54, 1.807) is 35.2 Å². The first-order valence-electron chi connectivity index (χ1n) is 6.00. The van der Waals surface area contributed by atoms with Gasteiger partial charge in [0.05, 0.1) is 14.2 Å². The number of anilines is 2. The van der Waals surface area contributed by atoms with E-state index in [4.69, 9.17) is 0 Å². The molecular formula is C14H12FIN2O2. The van der Waals surface area contributed by atoms with E-state index in [0.29, 0.717) is 15.8 Å². The maximum absolute atomic E-state index is 13.9. The van der Waals surface area contributed by atoms with Crippen LogP contribution in [0.4, 0.5) is 21.5 Å². The molecule has 0 spiro atoms. The van der Waals surface area contributed by atoms with Crippen LogP contribution in [0.1, 0.15) is 6.92 Å². The highest BCUT2D eigenvalue weighted by Crippen LogP contribution is 2.31. The molecule has 20 heavy (non-hydrogen) atoms. The molecule has 0 heterocycles. The van der Waals surface area contributed by atoms with Crippen molar-refractivity contribution >= 4 is 39.7 Å². The Morgan fingerprint density at radius 3 is 2.55 bits per heavy atom. The maximum atomic E-state index is 13.9. The normalized spacial score (nSPS) is 10.3. The molecule has 0 aromatic heterocycles. The van der Waals surface area contributed by atoms with Gasteiger partial charge in [0.25, 0.3) is 5.69 Å². The Morgan fingerprint density at radius 1 is 1.30 bits per heavy atom. The van der Waals surface area contributed by atoms with Gasteiger partial charge in [-0.3, -0.25) is 10.1 Å². The summed E-state index contributed by atoms with van der Waals surface area (Å²) in [5, 5.41) is 10.8. The lowest BCUT2D eigenvalue weighted by molar-refractivity contribution is -0.385. The Balaban J connectivity index is 2.46. The topological polar surface area (TPSA) is 46.4 Å². The summed E-state index contributed by atoms with van der Waals surface area (Å²) in [6.45, 7) is 2.47. The summed E-state index contributed by atoms with van der Waals surface area (Å²) in [6, 6.07) is 11.2. The second kappa shape index (κ2) is 6.17. The van der Waals surface area contributed by atoms with Crippen LogP contribution in [0.3, 0.4) is 0 Å². The highest BCUT2D eigenvalue weighted by atomic mass is 127. The fraction of sp³-hybridized carbons (Fsp3) is 0.143. The van der Waals surface area contributed by atoms with Crippen molar-refractivity contribution in [1.29, 1.82) is 0 Å². The zero-order chi connectivity index (χ0) is 14.7. The van der Waals surface area contributed by atoms with Crippen LogP contribution in [-0.4, -0.2) is 11.5 Å². The second-order valence-electron chi connectivity index (χ2n) is 4.09. The number of halogens is 2. The van der Waals surface area contributed by atoms with Gasteiger partial charge in [0.2, 0.25) is 0 Å². The first-order chi connectivity index (χ1) is 9.54. The van der Waals surface area contributed by atoms with Gasteiger partial charge in [0.15, 0.2) is 0 Å². The maximum Gasteiger partial charge on any atom is 0.282 e. The third-order valence-corrected chi connectivity index (χ3v) is 3.76. The molecule has 2 rings (SSSR count). The number of rotatable bonds is 4. The van der Waals surface area contributed by atoms with Crippen LogP contribution < -0.4 is 4.90 Å². The monoisotopic (exact) mass is 386 g/mol. The van der Waals surface area contributed by atoms with Gasteiger partial charge in [-0.2, -0.15) is 0 Å². The van der Waals surface area contributed by atoms with E-state index in [-0.39, 0.29) is 11.5 Å². The first-order valence-corrected chi connectivity index (χ1v) is 7.08. The standard InChI is InChI=1S/C14H12FIN2O2/c1-2-17(13-6-4-3-5-11(13)15)10-7-8-14(18(19)20)12(16)9-10/h3-9H,2H2,1H3. The molecule has 4 nitrogen and oxygen atoms in total. The molecule has 0 fully saturated rings. The average Bonchev–Trinajstić information content (AvgIpc) is 2.41. The summed E-state index contributed by atoms with van der Waals surface area (Å²) in [4.78, 5) is 12.2. The summed E-state index contributed by atoms with van der Waals surface area (Å²) < 4.78 is 14.4. The number of nitrogens with zero attached hydrogens (tertiary/aromatic N) is 2. The highest BCUT2D eigenvalue weighted by molar-refractivity contribution is 14.1. The number of nitro groups is 1. The SMILES string of the molecule is CCN(c1ccc([N+](=O)[O-])c(I)c1)c1ccccc1F. The second-order valence-corrected chi connectivity index (χ2v) is 5.25. The van der Waals surface area contributed by atoms with Crippen molar-refractivity contribution in [2.75, 3.05) is 11.4 Å². The Morgan fingerprint density at radius 2 is 2.00 bits per heavy atom. The van der Waals surface area contributed by atoms with E-state index in [1.807, 2.05) is 29.5 Å². The van der Waals surface area contributed by atoms with Crippen LogP contribution in [0.2, 0.25) is 0 Å². The fourth-order valence-electron chi connectivity index (χ4n) is 1.97. The van der Waals surface area contributed by atoms with Crippen LogP contribution in [0.5, 0.6) is 0 Å². The van der Waals surface area contributed by atoms with Crippen LogP contribution in [-0.2, 0) is 0 Å². The summed E-state index contributed by atoms with van der Waals surface area (Å²) in [7, 11) is 0. The molecule has 0 saturated heterocycles. The Bertz CT molecular complexity index is 649. The zero-order valence-electron chi connectivity index (χ0n) is 10.7. The van der Waals surface area contributed by atoms with Crippen molar-refractivity contribution < 1.29 is 9.31 Å². The van der Waals surface area contributed by atoms with E-state index in [9.17, 15) is 14.5 Å². The largest absolute Gasteiger partial charge is 0.339 e. The predicted octanol–water partition coefficient (Wildman–Crippen LogP) is 4.50. The van der Waals surface area contributed by atoms with Crippen LogP contribution in [0.25, 0.3) is 0 Å². The van der Waals surface area contributed by atoms with Gasteiger partial charge >= 0.3 is 0 Å². The summed E-state index contributed by atoms with van der Waals surface area (Å²) in [5.74, 6) is -0.317. The molecule has 6 heteroatoms. The van der Waals surface area contributed by atoms with Crippen molar-refractivity contribution in [1.82, 2.24) is 0 Å². The van der Waals surface area contributed by atoms with Crippen molar-refractivity contribution in [3.63, 3.8) is 0 Å². The van der Waals surface area contributed by atoms with Gasteiger partial charge in [0, 0.05) is 18.3 Å². The fourth-order valence-corrected chi connectivity index (χ4v) is 2.67. The van der Waals surface area contributed by atoms with E-state index in [0.717, 1.165) is 5.69 Å². The summed E-state index contributed by atoms with van der Waals surface area (Å²) >= 11 is 1.92. The van der Waals surface area contributed by atoms with Gasteiger partial charge in [-0.05, 0) is 53.8 Å². The third kappa shape index (κ3) is 2.90. The van der Waals surface area contributed by atoms with E-state index < -0.39 is 4.92 Å². The molecule has 0 N–H and O–H groups in total. The summed E-state index contributed by atoms with van der Waals surface area (Å²) in [5.41, 5.74) is 1.24. The number of benzene rings is 2. The van der Waals surface area contributed by atoms with Gasteiger partial charge in [-0.1, -0.05) is 12.1 Å². The molecule has 0 radical (unpaired) electrons. The highest BCUT2D eigenvalue weighted by Gasteiger charge is 2.16. The molecule has 0 saturated carbocycles. The van der Waals surface area contributed by atoms with Crippen molar-refractivity contribution in [3.05, 3.63) is 62.0 Å². The lowest BCUT2D eigenvalue weighted by Crippen LogP contribution is -2.17. The predicted molar refractivity (Wildman–Crippen MR) is 84.9 cm³/mol. The van der Waals surface area contributed by atoms with Crippen LogP contribution in [0.15, 0.2) is 42.5 Å². The molecule has 0 aliphatic rings. The molecular weight excluding hydrogens is 374 g/mol. The number of nitro benzene ring substituents is 1. The number of hydrogen-bond acceptors (Lipinski definition) is 3. The average molecular weight is 386 g/mol. The van der Waals surface area contributed by atoms with Crippen LogP contribution in [0, 0.1) is 19.5 Å². The molecule has 0 amide bonds. The van der Waals surface area contributed by atoms with Gasteiger partial charge in [-0.25, -0.2) is 4.39 Å². The number of hydrogen-bond donors (Lipinski definition) is 0. The molecule has 0 unspecified atom stereocenters. The zero-order valence-corrected chi connectivity index (χ0v) is 12.9.